The third-order valence-electron chi connectivity index (χ3n) is 2.79. The average Bonchev–Trinajstić information content (AvgIpc) is 2.36. The number of hydrogen-bond donors (Lipinski definition) is 0. The fourth-order valence-electron chi connectivity index (χ4n) is 1.99. The van der Waals surface area contributed by atoms with Crippen LogP contribution in [-0.2, 0) is 19.1 Å². The third-order valence-corrected chi connectivity index (χ3v) is 3.28. The Hall–Kier alpha value is -1.96. The van der Waals surface area contributed by atoms with Gasteiger partial charge in [0.1, 0.15) is 11.2 Å². The lowest BCUT2D eigenvalue weighted by Crippen LogP contribution is -2.35. The van der Waals surface area contributed by atoms with Gasteiger partial charge in [-0.25, -0.2) is 0 Å². The largest absolute Gasteiger partial charge is 0.459 e. The van der Waals surface area contributed by atoms with Crippen LogP contribution in [0.5, 0.6) is 0 Å². The number of rotatable bonds is 4. The third kappa shape index (κ3) is 6.45. The summed E-state index contributed by atoms with van der Waals surface area (Å²) >= 11 is 3.15. The lowest BCUT2D eigenvalue weighted by molar-refractivity contribution is -0.385. The lowest BCUT2D eigenvalue weighted by atomic mass is 9.96. The maximum Gasteiger partial charge on any atom is 0.325 e. The van der Waals surface area contributed by atoms with Gasteiger partial charge in [-0.3, -0.25) is 19.7 Å². The molecule has 1 rings (SSSR count). The number of nitrogens with zero attached hydrogens (tertiary/aromatic N) is 1. The monoisotopic (exact) mass is 415 g/mol. The van der Waals surface area contributed by atoms with E-state index in [1.54, 1.807) is 41.5 Å². The molecular weight excluding hydrogens is 394 g/mol. The molecule has 0 aliphatic carbocycles. The normalized spacial score (nSPS) is 12.0. The van der Waals surface area contributed by atoms with Crippen LogP contribution < -0.4 is 0 Å². The first-order valence-corrected chi connectivity index (χ1v) is 8.40. The van der Waals surface area contributed by atoms with Crippen LogP contribution in [0.2, 0.25) is 0 Å². The summed E-state index contributed by atoms with van der Waals surface area (Å²) in [5.41, 5.74) is -2.16. The molecular formula is C17H22BrNO6. The molecule has 0 N–H and O–H groups in total. The van der Waals surface area contributed by atoms with Crippen molar-refractivity contribution in [2.24, 2.45) is 0 Å². The van der Waals surface area contributed by atoms with Crippen molar-refractivity contribution in [2.75, 3.05) is 0 Å². The van der Waals surface area contributed by atoms with Crippen LogP contribution >= 0.6 is 15.9 Å². The maximum absolute atomic E-state index is 12.6. The molecule has 0 amide bonds. The Labute approximate surface area is 155 Å². The van der Waals surface area contributed by atoms with Crippen molar-refractivity contribution in [2.45, 2.75) is 58.7 Å². The molecule has 1 aromatic carbocycles. The number of carbonyl (C=O) groups excluding carboxylic acids is 2. The Balaban J connectivity index is 3.44. The minimum absolute atomic E-state index is 0.0725. The van der Waals surface area contributed by atoms with Crippen molar-refractivity contribution >= 4 is 33.6 Å². The topological polar surface area (TPSA) is 95.7 Å². The number of ether oxygens (including phenoxy) is 2. The first-order chi connectivity index (χ1) is 11.2. The first kappa shape index (κ1) is 21.1. The molecule has 0 aliphatic rings. The fraction of sp³-hybridized carbons (Fsp3) is 0.529. The highest BCUT2D eigenvalue weighted by Crippen LogP contribution is 2.33. The standard InChI is InChI=1S/C17H22BrNO6/c1-16(2,3)24-14(20)13(15(21)25-17(4,5)6)11-8-7-10(18)9-12(11)19(22)23/h7-9,13H,1-6H3. The summed E-state index contributed by atoms with van der Waals surface area (Å²) < 4.78 is 11.0. The molecule has 0 aromatic heterocycles. The highest BCUT2D eigenvalue weighted by atomic mass is 79.9. The van der Waals surface area contributed by atoms with E-state index in [-0.39, 0.29) is 11.3 Å². The summed E-state index contributed by atoms with van der Waals surface area (Å²) in [5, 5.41) is 11.4. The predicted molar refractivity (Wildman–Crippen MR) is 95.2 cm³/mol. The average molecular weight is 416 g/mol. The number of esters is 2. The number of nitro groups is 1. The van der Waals surface area contributed by atoms with E-state index in [2.05, 4.69) is 15.9 Å². The second-order valence-corrected chi connectivity index (χ2v) is 8.38. The summed E-state index contributed by atoms with van der Waals surface area (Å²) in [6.45, 7) is 9.88. The summed E-state index contributed by atoms with van der Waals surface area (Å²) in [6.07, 6.45) is 0. The van der Waals surface area contributed by atoms with Gasteiger partial charge in [-0.2, -0.15) is 0 Å². The van der Waals surface area contributed by atoms with E-state index in [0.29, 0.717) is 4.47 Å². The summed E-state index contributed by atoms with van der Waals surface area (Å²) in [7, 11) is 0. The zero-order chi connectivity index (χ0) is 19.6. The Morgan fingerprint density at radius 2 is 1.48 bits per heavy atom. The molecule has 1 aromatic rings. The van der Waals surface area contributed by atoms with Gasteiger partial charge >= 0.3 is 11.9 Å². The first-order valence-electron chi connectivity index (χ1n) is 7.61. The Kier molecular flexibility index (Phi) is 6.33. The van der Waals surface area contributed by atoms with Crippen molar-refractivity contribution in [3.05, 3.63) is 38.3 Å². The van der Waals surface area contributed by atoms with Gasteiger partial charge in [0.2, 0.25) is 0 Å². The maximum atomic E-state index is 12.6. The van der Waals surface area contributed by atoms with Crippen LogP contribution in [0, 0.1) is 10.1 Å². The summed E-state index contributed by atoms with van der Waals surface area (Å²) in [6, 6.07) is 4.10. The fourth-order valence-corrected chi connectivity index (χ4v) is 2.34. The van der Waals surface area contributed by atoms with E-state index in [0.717, 1.165) is 0 Å². The molecule has 0 spiro atoms. The van der Waals surface area contributed by atoms with Crippen LogP contribution in [0.1, 0.15) is 53.0 Å². The molecule has 0 bridgehead atoms. The number of nitro benzene ring substituents is 1. The quantitative estimate of drug-likeness (QED) is 0.317. The molecule has 0 fully saturated rings. The molecule has 25 heavy (non-hydrogen) atoms. The van der Waals surface area contributed by atoms with Crippen molar-refractivity contribution in [1.82, 2.24) is 0 Å². The van der Waals surface area contributed by atoms with Crippen LogP contribution in [0.25, 0.3) is 0 Å². The van der Waals surface area contributed by atoms with E-state index in [4.69, 9.17) is 9.47 Å². The molecule has 7 nitrogen and oxygen atoms in total. The molecule has 8 heteroatoms. The lowest BCUT2D eigenvalue weighted by Gasteiger charge is -2.26. The van der Waals surface area contributed by atoms with Gasteiger partial charge in [-0.1, -0.05) is 15.9 Å². The molecule has 0 heterocycles. The highest BCUT2D eigenvalue weighted by molar-refractivity contribution is 9.10. The Morgan fingerprint density at radius 3 is 1.84 bits per heavy atom. The Morgan fingerprint density at radius 1 is 1.04 bits per heavy atom. The van der Waals surface area contributed by atoms with Gasteiger partial charge in [0.05, 0.1) is 10.5 Å². The van der Waals surface area contributed by atoms with E-state index in [9.17, 15) is 19.7 Å². The van der Waals surface area contributed by atoms with Gasteiger partial charge in [0, 0.05) is 10.5 Å². The molecule has 0 saturated carbocycles. The summed E-state index contributed by atoms with van der Waals surface area (Å²) in [5.74, 6) is -3.34. The minimum Gasteiger partial charge on any atom is -0.459 e. The van der Waals surface area contributed by atoms with Crippen LogP contribution in [0.4, 0.5) is 5.69 Å². The van der Waals surface area contributed by atoms with Gasteiger partial charge in [0.25, 0.3) is 5.69 Å². The summed E-state index contributed by atoms with van der Waals surface area (Å²) in [4.78, 5) is 35.9. The van der Waals surface area contributed by atoms with Crippen LogP contribution in [0.3, 0.4) is 0 Å². The zero-order valence-corrected chi connectivity index (χ0v) is 16.7. The molecule has 0 atom stereocenters. The smallest absolute Gasteiger partial charge is 0.325 e. The molecule has 0 saturated heterocycles. The van der Waals surface area contributed by atoms with Crippen LogP contribution in [-0.4, -0.2) is 28.1 Å². The van der Waals surface area contributed by atoms with Crippen LogP contribution in [0.15, 0.2) is 22.7 Å². The van der Waals surface area contributed by atoms with E-state index in [1.165, 1.54) is 18.2 Å². The van der Waals surface area contributed by atoms with Crippen molar-refractivity contribution < 1.29 is 24.0 Å². The molecule has 0 unspecified atom stereocenters. The second kappa shape index (κ2) is 7.51. The SMILES string of the molecule is CC(C)(C)OC(=O)C(C(=O)OC(C)(C)C)c1ccc(Br)cc1[N+](=O)[O-]. The van der Waals surface area contributed by atoms with Gasteiger partial charge in [-0.05, 0) is 53.7 Å². The minimum atomic E-state index is -1.55. The molecule has 0 radical (unpaired) electrons. The highest BCUT2D eigenvalue weighted by Gasteiger charge is 2.40. The van der Waals surface area contributed by atoms with Gasteiger partial charge in [0.15, 0.2) is 5.92 Å². The number of halogens is 1. The van der Waals surface area contributed by atoms with E-state index < -0.39 is 34.0 Å². The Bertz CT molecular complexity index is 659. The van der Waals surface area contributed by atoms with Gasteiger partial charge < -0.3 is 9.47 Å². The molecule has 0 aliphatic heterocycles. The van der Waals surface area contributed by atoms with Crippen molar-refractivity contribution in [3.63, 3.8) is 0 Å². The van der Waals surface area contributed by atoms with Crippen molar-refractivity contribution in [3.8, 4) is 0 Å². The number of carbonyl (C=O) groups is 2. The van der Waals surface area contributed by atoms with Crippen molar-refractivity contribution in [1.29, 1.82) is 0 Å². The predicted octanol–water partition coefficient (Wildman–Crippen LogP) is 4.12. The number of hydrogen-bond acceptors (Lipinski definition) is 6. The van der Waals surface area contributed by atoms with Gasteiger partial charge in [-0.15, -0.1) is 0 Å². The van der Waals surface area contributed by atoms with E-state index in [1.807, 2.05) is 0 Å². The second-order valence-electron chi connectivity index (χ2n) is 7.46. The molecule has 138 valence electrons. The zero-order valence-electron chi connectivity index (χ0n) is 15.1. The number of benzene rings is 1. The van der Waals surface area contributed by atoms with E-state index >= 15 is 0 Å².